The molecule has 0 bridgehead atoms. The predicted octanol–water partition coefficient (Wildman–Crippen LogP) is 3.17. The molecule has 1 saturated heterocycles. The summed E-state index contributed by atoms with van der Waals surface area (Å²) in [5.41, 5.74) is 2.77. The summed E-state index contributed by atoms with van der Waals surface area (Å²) in [7, 11) is 5.57. The van der Waals surface area contributed by atoms with Crippen molar-refractivity contribution in [1.82, 2.24) is 10.2 Å². The van der Waals surface area contributed by atoms with Gasteiger partial charge in [-0.05, 0) is 45.6 Å². The summed E-state index contributed by atoms with van der Waals surface area (Å²) in [4.78, 5) is 30.1. The Balaban J connectivity index is 2.02. The number of ether oxygens (including phenoxy) is 1. The highest BCUT2D eigenvalue weighted by Crippen LogP contribution is 2.43. The van der Waals surface area contributed by atoms with Gasteiger partial charge < -0.3 is 19.9 Å². The van der Waals surface area contributed by atoms with Crippen molar-refractivity contribution in [1.29, 1.82) is 0 Å². The molecular formula is C24H31N3O3. The Kier molecular flexibility index (Phi) is 7.11. The van der Waals surface area contributed by atoms with Gasteiger partial charge in [0.05, 0.1) is 19.1 Å². The largest absolute Gasteiger partial charge is 0.496 e. The number of piperidine rings is 1. The molecule has 1 aliphatic heterocycles. The number of amides is 2. The second kappa shape index (κ2) is 9.76. The minimum atomic E-state index is -0.426. The van der Waals surface area contributed by atoms with Gasteiger partial charge in [-0.15, -0.1) is 0 Å². The highest BCUT2D eigenvalue weighted by Gasteiger charge is 2.42. The summed E-state index contributed by atoms with van der Waals surface area (Å²) in [6.07, 6.45) is 0.850. The van der Waals surface area contributed by atoms with E-state index >= 15 is 0 Å². The quantitative estimate of drug-likeness (QED) is 0.763. The van der Waals surface area contributed by atoms with Crippen LogP contribution in [0.3, 0.4) is 0 Å². The van der Waals surface area contributed by atoms with Gasteiger partial charge in [0, 0.05) is 30.8 Å². The van der Waals surface area contributed by atoms with Crippen molar-refractivity contribution in [3.8, 4) is 5.75 Å². The molecule has 160 valence electrons. The number of carbonyl (C=O) groups is 2. The zero-order valence-electron chi connectivity index (χ0n) is 18.2. The SMILES string of the molecule is COc1ccccc1C1C(C(=O)NCCN(C)C)CCC(=O)N1c1ccc(C)cc1. The van der Waals surface area contributed by atoms with Gasteiger partial charge in [0.2, 0.25) is 11.8 Å². The van der Waals surface area contributed by atoms with Crippen molar-refractivity contribution in [3.05, 3.63) is 59.7 Å². The first-order valence-corrected chi connectivity index (χ1v) is 10.4. The zero-order valence-corrected chi connectivity index (χ0v) is 18.2. The normalized spacial score (nSPS) is 19.1. The van der Waals surface area contributed by atoms with Crippen molar-refractivity contribution >= 4 is 17.5 Å². The first-order valence-electron chi connectivity index (χ1n) is 10.4. The summed E-state index contributed by atoms with van der Waals surface area (Å²) in [6, 6.07) is 15.1. The van der Waals surface area contributed by atoms with Crippen molar-refractivity contribution in [2.75, 3.05) is 39.2 Å². The number of carbonyl (C=O) groups excluding carboxylic acids is 2. The number of hydrogen-bond acceptors (Lipinski definition) is 4. The number of nitrogens with one attached hydrogen (secondary N) is 1. The Morgan fingerprint density at radius 1 is 1.17 bits per heavy atom. The van der Waals surface area contributed by atoms with Crippen molar-refractivity contribution in [2.24, 2.45) is 5.92 Å². The Bertz CT molecular complexity index is 880. The zero-order chi connectivity index (χ0) is 21.7. The lowest BCUT2D eigenvalue weighted by molar-refractivity contribution is -0.129. The maximum atomic E-state index is 13.2. The Morgan fingerprint density at radius 2 is 1.87 bits per heavy atom. The third-order valence-corrected chi connectivity index (χ3v) is 5.56. The van der Waals surface area contributed by atoms with Crippen LogP contribution in [0.1, 0.15) is 30.0 Å². The third kappa shape index (κ3) is 4.82. The number of para-hydroxylation sites is 1. The molecule has 6 heteroatoms. The summed E-state index contributed by atoms with van der Waals surface area (Å²) in [6.45, 7) is 3.35. The fourth-order valence-corrected chi connectivity index (χ4v) is 3.98. The minimum absolute atomic E-state index is 0.0205. The second-order valence-corrected chi connectivity index (χ2v) is 8.03. The van der Waals surface area contributed by atoms with Gasteiger partial charge in [-0.1, -0.05) is 35.9 Å². The van der Waals surface area contributed by atoms with Crippen LogP contribution in [0.4, 0.5) is 5.69 Å². The van der Waals surface area contributed by atoms with E-state index in [1.54, 1.807) is 12.0 Å². The molecule has 3 rings (SSSR count). The Hall–Kier alpha value is -2.86. The molecule has 30 heavy (non-hydrogen) atoms. The van der Waals surface area contributed by atoms with Gasteiger partial charge in [-0.2, -0.15) is 0 Å². The molecule has 1 N–H and O–H groups in total. The van der Waals surface area contributed by atoms with Crippen LogP contribution >= 0.6 is 0 Å². The molecule has 2 aromatic carbocycles. The van der Waals surface area contributed by atoms with E-state index in [0.29, 0.717) is 25.1 Å². The van der Waals surface area contributed by atoms with E-state index in [4.69, 9.17) is 4.74 Å². The standard InChI is InChI=1S/C24H31N3O3/c1-17-9-11-18(12-10-17)27-22(28)14-13-20(24(29)25-15-16-26(2)3)23(27)19-7-5-6-8-21(19)30-4/h5-12,20,23H,13-16H2,1-4H3,(H,25,29). The van der Waals surface area contributed by atoms with Crippen LogP contribution < -0.4 is 15.0 Å². The van der Waals surface area contributed by atoms with E-state index in [2.05, 4.69) is 5.32 Å². The third-order valence-electron chi connectivity index (χ3n) is 5.56. The molecule has 1 aliphatic rings. The number of aryl methyl sites for hydroxylation is 1. The van der Waals surface area contributed by atoms with Gasteiger partial charge in [-0.3, -0.25) is 9.59 Å². The number of hydrogen-bond donors (Lipinski definition) is 1. The molecule has 0 aromatic heterocycles. The number of likely N-dealkylation sites (N-methyl/N-ethyl adjacent to an activating group) is 1. The summed E-state index contributed by atoms with van der Waals surface area (Å²) < 4.78 is 5.60. The van der Waals surface area contributed by atoms with E-state index < -0.39 is 6.04 Å². The highest BCUT2D eigenvalue weighted by molar-refractivity contribution is 5.97. The molecule has 0 aliphatic carbocycles. The van der Waals surface area contributed by atoms with Gasteiger partial charge in [-0.25, -0.2) is 0 Å². The molecule has 0 spiro atoms. The van der Waals surface area contributed by atoms with Crippen LogP contribution in [-0.4, -0.2) is 51.0 Å². The number of anilines is 1. The van der Waals surface area contributed by atoms with Crippen LogP contribution in [0.5, 0.6) is 5.75 Å². The average Bonchev–Trinajstić information content (AvgIpc) is 2.74. The molecule has 1 fully saturated rings. The smallest absolute Gasteiger partial charge is 0.227 e. The molecule has 2 aromatic rings. The number of nitrogens with zero attached hydrogens (tertiary/aromatic N) is 2. The van der Waals surface area contributed by atoms with Gasteiger partial charge in [0.1, 0.15) is 5.75 Å². The average molecular weight is 410 g/mol. The van der Waals surface area contributed by atoms with Crippen LogP contribution in [-0.2, 0) is 9.59 Å². The van der Waals surface area contributed by atoms with Crippen molar-refractivity contribution < 1.29 is 14.3 Å². The lowest BCUT2D eigenvalue weighted by atomic mass is 9.82. The van der Waals surface area contributed by atoms with Crippen LogP contribution in [0.2, 0.25) is 0 Å². The maximum absolute atomic E-state index is 13.2. The van der Waals surface area contributed by atoms with Crippen molar-refractivity contribution in [2.45, 2.75) is 25.8 Å². The monoisotopic (exact) mass is 409 g/mol. The number of rotatable bonds is 7. The van der Waals surface area contributed by atoms with Gasteiger partial charge >= 0.3 is 0 Å². The van der Waals surface area contributed by atoms with E-state index in [1.165, 1.54) is 0 Å². The Labute approximate surface area is 178 Å². The summed E-state index contributed by atoms with van der Waals surface area (Å²) in [5, 5.41) is 3.06. The first-order chi connectivity index (χ1) is 14.4. The molecule has 0 saturated carbocycles. The second-order valence-electron chi connectivity index (χ2n) is 8.03. The number of methoxy groups -OCH3 is 1. The van der Waals surface area contributed by atoms with Crippen molar-refractivity contribution in [3.63, 3.8) is 0 Å². The maximum Gasteiger partial charge on any atom is 0.227 e. The Morgan fingerprint density at radius 3 is 2.53 bits per heavy atom. The molecule has 0 radical (unpaired) electrons. The van der Waals surface area contributed by atoms with Crippen LogP contribution in [0.25, 0.3) is 0 Å². The van der Waals surface area contributed by atoms with E-state index in [0.717, 1.165) is 23.4 Å². The van der Waals surface area contributed by atoms with E-state index in [1.807, 2.05) is 74.4 Å². The molecule has 2 atom stereocenters. The minimum Gasteiger partial charge on any atom is -0.496 e. The first kappa shape index (κ1) is 21.8. The molecular weight excluding hydrogens is 378 g/mol. The number of benzene rings is 2. The van der Waals surface area contributed by atoms with Crippen LogP contribution in [0, 0.1) is 12.8 Å². The van der Waals surface area contributed by atoms with E-state index in [-0.39, 0.29) is 17.7 Å². The molecule has 2 amide bonds. The van der Waals surface area contributed by atoms with Gasteiger partial charge in [0.15, 0.2) is 0 Å². The molecule has 2 unspecified atom stereocenters. The molecule has 1 heterocycles. The lowest BCUT2D eigenvalue weighted by Gasteiger charge is -2.41. The predicted molar refractivity (Wildman–Crippen MR) is 119 cm³/mol. The fourth-order valence-electron chi connectivity index (χ4n) is 3.98. The summed E-state index contributed by atoms with van der Waals surface area (Å²) in [5.74, 6) is 0.312. The fraction of sp³-hybridized carbons (Fsp3) is 0.417. The lowest BCUT2D eigenvalue weighted by Crippen LogP contribution is -2.49. The highest BCUT2D eigenvalue weighted by atomic mass is 16.5. The summed E-state index contributed by atoms with van der Waals surface area (Å²) >= 11 is 0. The topological polar surface area (TPSA) is 61.9 Å². The molecule has 6 nitrogen and oxygen atoms in total. The van der Waals surface area contributed by atoms with Gasteiger partial charge in [0.25, 0.3) is 0 Å². The van der Waals surface area contributed by atoms with Crippen LogP contribution in [0.15, 0.2) is 48.5 Å². The van der Waals surface area contributed by atoms with E-state index in [9.17, 15) is 9.59 Å².